The number of para-hydroxylation sites is 2. The Labute approximate surface area is 390 Å². The van der Waals surface area contributed by atoms with E-state index in [4.69, 9.17) is 4.42 Å². The molecule has 16 nitrogen and oxygen atoms in total. The Morgan fingerprint density at radius 2 is 1.09 bits per heavy atom. The molecule has 0 radical (unpaired) electrons. The van der Waals surface area contributed by atoms with Gasteiger partial charge in [-0.05, 0) is 112 Å². The van der Waals surface area contributed by atoms with Gasteiger partial charge in [0, 0.05) is 56.7 Å². The van der Waals surface area contributed by atoms with Crippen molar-refractivity contribution in [1.29, 1.82) is 0 Å². The maximum Gasteiger partial charge on any atom is 0.337 e. The van der Waals surface area contributed by atoms with E-state index in [0.717, 1.165) is 0 Å². The Morgan fingerprint density at radius 3 is 1.63 bits per heavy atom. The van der Waals surface area contributed by atoms with Crippen LogP contribution in [0.5, 0.6) is 0 Å². The van der Waals surface area contributed by atoms with E-state index >= 15 is 0 Å². The molecule has 0 unspecified atom stereocenters. The molecule has 346 valence electrons. The summed E-state index contributed by atoms with van der Waals surface area (Å²) in [5.41, 5.74) is 4.67. The quantitative estimate of drug-likeness (QED) is 0.0431. The lowest BCUT2D eigenvalue weighted by Gasteiger charge is -2.19. The number of hydrogen-bond donors (Lipinski definition) is 7. The van der Waals surface area contributed by atoms with Crippen LogP contribution >= 0.6 is 0 Å². The lowest BCUT2D eigenvalue weighted by atomic mass is 9.93. The number of nitrogens with one attached hydrogen (secondary N) is 4. The van der Waals surface area contributed by atoms with Crippen molar-refractivity contribution < 1.29 is 59.0 Å². The van der Waals surface area contributed by atoms with E-state index in [1.54, 1.807) is 76.2 Å². The zero-order valence-electron chi connectivity index (χ0n) is 36.4. The van der Waals surface area contributed by atoms with Gasteiger partial charge in [0.15, 0.2) is 0 Å². The molecule has 6 aromatic carbocycles. The van der Waals surface area contributed by atoms with Crippen LogP contribution in [-0.4, -0.2) is 52.0 Å². The lowest BCUT2D eigenvalue weighted by molar-refractivity contribution is -0.403. The summed E-state index contributed by atoms with van der Waals surface area (Å²) in [6.07, 6.45) is 0. The Hall–Kier alpha value is -7.84. The third-order valence-corrected chi connectivity index (χ3v) is 14.7. The zero-order chi connectivity index (χ0) is 48.9. The predicted molar refractivity (Wildman–Crippen MR) is 255 cm³/mol. The average molecular weight is 974 g/mol. The summed E-state index contributed by atoms with van der Waals surface area (Å²) in [7, 11) is -13.1. The van der Waals surface area contributed by atoms with E-state index in [1.807, 2.05) is 0 Å². The van der Waals surface area contributed by atoms with Gasteiger partial charge in [-0.1, -0.05) is 42.5 Å². The summed E-state index contributed by atoms with van der Waals surface area (Å²) in [4.78, 5) is 26.3. The largest absolute Gasteiger partial charge is 0.478 e. The van der Waals surface area contributed by atoms with Crippen LogP contribution in [0, 0.1) is 27.7 Å². The number of hydrogen-bond acceptors (Lipinski definition) is 10. The third-order valence-electron chi connectivity index (χ3n) is 11.1. The highest BCUT2D eigenvalue weighted by Gasteiger charge is 2.26. The molecule has 1 aliphatic heterocycles. The van der Waals surface area contributed by atoms with Crippen molar-refractivity contribution in [2.45, 2.75) is 42.4 Å². The normalized spacial score (nSPS) is 12.3. The molecule has 68 heavy (non-hydrogen) atoms. The van der Waals surface area contributed by atoms with E-state index in [-0.39, 0.29) is 42.8 Å². The summed E-state index contributed by atoms with van der Waals surface area (Å²) in [6.45, 7) is 6.86. The van der Waals surface area contributed by atoms with Crippen LogP contribution in [0.25, 0.3) is 33.4 Å². The van der Waals surface area contributed by atoms with Gasteiger partial charge < -0.3 is 19.9 Å². The van der Waals surface area contributed by atoms with Crippen molar-refractivity contribution in [3.05, 3.63) is 172 Å². The number of sulfonamides is 2. The fourth-order valence-electron chi connectivity index (χ4n) is 8.00. The first-order valence-electron chi connectivity index (χ1n) is 20.5. The molecular formula is C49H41N4O12S3+. The van der Waals surface area contributed by atoms with Crippen molar-refractivity contribution in [1.82, 2.24) is 0 Å². The topological polar surface area (TPSA) is 260 Å². The second-order valence-corrected chi connectivity index (χ2v) is 20.7. The molecule has 0 atom stereocenters. The van der Waals surface area contributed by atoms with Gasteiger partial charge in [0.25, 0.3) is 30.2 Å². The molecule has 0 bridgehead atoms. The number of carboxylic acids is 2. The summed E-state index contributed by atoms with van der Waals surface area (Å²) in [6, 6.07) is 33.5. The van der Waals surface area contributed by atoms with Crippen LogP contribution in [0.1, 0.15) is 43.0 Å². The second kappa shape index (κ2) is 17.8. The van der Waals surface area contributed by atoms with Crippen molar-refractivity contribution in [2.24, 2.45) is 0 Å². The minimum absolute atomic E-state index is 0.0870. The van der Waals surface area contributed by atoms with Crippen molar-refractivity contribution in [3.8, 4) is 22.5 Å². The molecular weight excluding hydrogens is 933 g/mol. The standard InChI is InChI=1S/C49H40N4O12S3/c1-27-21-33(66(58,59)52-40-14-8-5-11-35(40)48(54)55)22-28(2)46(27)50-31-17-19-37-42(25-31)65-43-26-32(18-20-38(43)45(37)39-13-7-10-16-44(39)68(62,63)64)51-47-29(3)23-34(24-30(47)4)67(60,61)53-41-15-9-6-12-36(41)49(56)57/h5-26,50,52-53H,1-4H3,(H,54,55)(H,56,57)(H,62,63,64)/p+1. The van der Waals surface area contributed by atoms with Gasteiger partial charge in [0.2, 0.25) is 11.0 Å². The summed E-state index contributed by atoms with van der Waals surface area (Å²) >= 11 is 0. The van der Waals surface area contributed by atoms with Crippen LogP contribution < -0.4 is 25.1 Å². The number of benzene rings is 7. The molecule has 6 aromatic rings. The second-order valence-electron chi connectivity index (χ2n) is 15.9. The molecule has 0 saturated carbocycles. The first-order chi connectivity index (χ1) is 32.1. The molecule has 2 aliphatic rings. The van der Waals surface area contributed by atoms with Gasteiger partial charge in [-0.3, -0.25) is 14.0 Å². The Balaban J connectivity index is 1.20. The minimum Gasteiger partial charge on any atom is -0.478 e. The Kier molecular flexibility index (Phi) is 12.2. The van der Waals surface area contributed by atoms with E-state index in [1.165, 1.54) is 84.9 Å². The third kappa shape index (κ3) is 9.27. The summed E-state index contributed by atoms with van der Waals surface area (Å²) in [5, 5.41) is 23.5. The molecule has 1 heterocycles. The van der Waals surface area contributed by atoms with Gasteiger partial charge >= 0.3 is 11.9 Å². The molecule has 0 saturated heterocycles. The van der Waals surface area contributed by atoms with Crippen LogP contribution in [-0.2, 0) is 30.2 Å². The van der Waals surface area contributed by atoms with E-state index in [2.05, 4.69) is 19.8 Å². The van der Waals surface area contributed by atoms with Crippen LogP contribution in [0.15, 0.2) is 153 Å². The number of fused-ring (bicyclic) bond motifs is 2. The number of carbonyl (C=O) groups is 2. The van der Waals surface area contributed by atoms with E-state index < -0.39 is 42.1 Å². The molecule has 0 fully saturated rings. The predicted octanol–water partition coefficient (Wildman–Crippen LogP) is 7.74. The number of anilines is 4. The molecule has 1 aliphatic carbocycles. The van der Waals surface area contributed by atoms with Gasteiger partial charge in [-0.15, -0.1) is 0 Å². The number of carboxylic acid groups (broad SMARTS) is 2. The summed E-state index contributed by atoms with van der Waals surface area (Å²) in [5.74, 6) is -2.28. The lowest BCUT2D eigenvalue weighted by Crippen LogP contribution is -2.71. The minimum atomic E-state index is -4.71. The van der Waals surface area contributed by atoms with Gasteiger partial charge in [-0.2, -0.15) is 8.42 Å². The summed E-state index contributed by atoms with van der Waals surface area (Å²) < 4.78 is 101. The maximum absolute atomic E-state index is 13.5. The fourth-order valence-corrected chi connectivity index (χ4v) is 11.2. The Bertz CT molecular complexity index is 3750. The molecule has 0 amide bonds. The molecule has 19 heteroatoms. The van der Waals surface area contributed by atoms with Gasteiger partial charge in [-0.25, -0.2) is 31.4 Å². The van der Waals surface area contributed by atoms with Crippen molar-refractivity contribution in [3.63, 3.8) is 0 Å². The van der Waals surface area contributed by atoms with Gasteiger partial charge in [0.1, 0.15) is 16.2 Å². The Morgan fingerprint density at radius 1 is 0.574 bits per heavy atom. The smallest absolute Gasteiger partial charge is 0.337 e. The van der Waals surface area contributed by atoms with E-state index in [9.17, 15) is 49.6 Å². The number of rotatable bonds is 13. The molecule has 7 N–H and O–H groups in total. The van der Waals surface area contributed by atoms with E-state index in [0.29, 0.717) is 72.5 Å². The van der Waals surface area contributed by atoms with Crippen molar-refractivity contribution in [2.75, 3.05) is 14.8 Å². The first kappa shape index (κ1) is 46.7. The number of aryl methyl sites for hydroxylation is 4. The SMILES string of the molecule is Cc1cc(S(=O)(=O)Nc2ccccc2C(=O)O)cc(C)c1Nc1ccc2c(-c3ccccc3S(=O)(=O)O)c3ccc(=[NH+]c4c(C)cc(S(=O)(=O)Nc5ccccc5C(=O)O)cc4C)cc-3oc2c1. The maximum atomic E-state index is 13.5. The average Bonchev–Trinajstić information content (AvgIpc) is 3.27. The fraction of sp³-hybridized carbons (Fsp3) is 0.0816. The monoisotopic (exact) mass is 973 g/mol. The molecule has 0 spiro atoms. The zero-order valence-corrected chi connectivity index (χ0v) is 38.9. The molecule has 8 rings (SSSR count). The van der Waals surface area contributed by atoms with Crippen LogP contribution in [0.4, 0.5) is 28.4 Å². The van der Waals surface area contributed by atoms with Crippen LogP contribution in [0.2, 0.25) is 0 Å². The van der Waals surface area contributed by atoms with Crippen molar-refractivity contribution >= 4 is 81.5 Å². The van der Waals surface area contributed by atoms with Gasteiger partial charge in [0.05, 0.1) is 38.4 Å². The highest BCUT2D eigenvalue weighted by atomic mass is 32.2. The number of aromatic carboxylic acids is 2. The first-order valence-corrected chi connectivity index (χ1v) is 24.9. The highest BCUT2D eigenvalue weighted by Crippen LogP contribution is 2.43. The van der Waals surface area contributed by atoms with Crippen LogP contribution in [0.3, 0.4) is 0 Å². The molecule has 0 aromatic heterocycles. The highest BCUT2D eigenvalue weighted by molar-refractivity contribution is 7.93.